The number of amides is 1. The molecule has 0 bridgehead atoms. The first kappa shape index (κ1) is 19.4. The standard InChI is InChI=1S/C21H25NO4S/c1-12(2)13(3)22-19(23)11-26-21(24)18-10-15-6-5-14-9-16(25-4)7-8-17(14)20(15)27-18/h7-10,12-13H,5-6,11H2,1-4H3,(H,22,23)/t13-/m0/s1. The third kappa shape index (κ3) is 4.33. The molecule has 1 aliphatic rings. The molecule has 5 nitrogen and oxygen atoms in total. The van der Waals surface area contributed by atoms with E-state index in [-0.39, 0.29) is 18.6 Å². The van der Waals surface area contributed by atoms with Gasteiger partial charge in [0.05, 0.1) is 7.11 Å². The number of aryl methyl sites for hydroxylation is 2. The largest absolute Gasteiger partial charge is 0.497 e. The number of nitrogens with one attached hydrogen (secondary N) is 1. The molecule has 2 aromatic rings. The molecule has 1 aliphatic carbocycles. The summed E-state index contributed by atoms with van der Waals surface area (Å²) in [6, 6.07) is 7.96. The molecular formula is C21H25NO4S. The van der Waals surface area contributed by atoms with E-state index in [1.165, 1.54) is 16.9 Å². The van der Waals surface area contributed by atoms with Gasteiger partial charge in [0, 0.05) is 10.9 Å². The van der Waals surface area contributed by atoms with Crippen LogP contribution in [0.4, 0.5) is 0 Å². The van der Waals surface area contributed by atoms with Gasteiger partial charge in [-0.25, -0.2) is 4.79 Å². The number of hydrogen-bond acceptors (Lipinski definition) is 5. The third-order valence-corrected chi connectivity index (χ3v) is 6.14. The van der Waals surface area contributed by atoms with Gasteiger partial charge < -0.3 is 14.8 Å². The molecule has 6 heteroatoms. The molecule has 1 atom stereocenters. The van der Waals surface area contributed by atoms with E-state index < -0.39 is 5.97 Å². The lowest BCUT2D eigenvalue weighted by atomic mass is 9.91. The van der Waals surface area contributed by atoms with Crippen LogP contribution in [0.5, 0.6) is 5.75 Å². The van der Waals surface area contributed by atoms with E-state index in [9.17, 15) is 9.59 Å². The molecule has 0 radical (unpaired) electrons. The highest BCUT2D eigenvalue weighted by Crippen LogP contribution is 2.40. The summed E-state index contributed by atoms with van der Waals surface area (Å²) in [7, 11) is 1.66. The number of hydrogen-bond donors (Lipinski definition) is 1. The van der Waals surface area contributed by atoms with Gasteiger partial charge in [0.15, 0.2) is 6.61 Å². The molecule has 1 aromatic heterocycles. The Balaban J connectivity index is 1.68. The topological polar surface area (TPSA) is 64.6 Å². The summed E-state index contributed by atoms with van der Waals surface area (Å²) < 4.78 is 10.5. The van der Waals surface area contributed by atoms with Crippen molar-refractivity contribution in [1.29, 1.82) is 0 Å². The molecule has 1 amide bonds. The predicted molar refractivity (Wildman–Crippen MR) is 106 cm³/mol. The number of methoxy groups -OCH3 is 1. The van der Waals surface area contributed by atoms with Crippen LogP contribution in [0.25, 0.3) is 10.4 Å². The number of benzene rings is 1. The van der Waals surface area contributed by atoms with E-state index in [1.54, 1.807) is 7.11 Å². The van der Waals surface area contributed by atoms with Crippen LogP contribution >= 0.6 is 11.3 Å². The van der Waals surface area contributed by atoms with Crippen molar-refractivity contribution < 1.29 is 19.1 Å². The maximum atomic E-state index is 12.4. The minimum absolute atomic E-state index is 0.0405. The molecule has 0 fully saturated rings. The molecule has 0 saturated carbocycles. The van der Waals surface area contributed by atoms with Crippen molar-refractivity contribution in [2.75, 3.05) is 13.7 Å². The summed E-state index contributed by atoms with van der Waals surface area (Å²) in [5.74, 6) is 0.447. The first-order valence-electron chi connectivity index (χ1n) is 9.15. The van der Waals surface area contributed by atoms with Crippen molar-refractivity contribution in [2.24, 2.45) is 5.92 Å². The fraction of sp³-hybridized carbons (Fsp3) is 0.429. The molecule has 0 unspecified atom stereocenters. The maximum absolute atomic E-state index is 12.4. The lowest BCUT2D eigenvalue weighted by molar-refractivity contribution is -0.125. The zero-order valence-electron chi connectivity index (χ0n) is 16.1. The average Bonchev–Trinajstić information content (AvgIpc) is 3.10. The molecule has 0 saturated heterocycles. The molecule has 1 heterocycles. The molecule has 1 aromatic carbocycles. The first-order valence-corrected chi connectivity index (χ1v) is 9.97. The average molecular weight is 388 g/mol. The van der Waals surface area contributed by atoms with Crippen molar-refractivity contribution in [2.45, 2.75) is 39.7 Å². The lowest BCUT2D eigenvalue weighted by Crippen LogP contribution is -2.38. The highest BCUT2D eigenvalue weighted by Gasteiger charge is 2.23. The molecule has 0 spiro atoms. The second-order valence-corrected chi connectivity index (χ2v) is 8.22. The summed E-state index contributed by atoms with van der Waals surface area (Å²) in [6.45, 7) is 5.73. The van der Waals surface area contributed by atoms with E-state index in [2.05, 4.69) is 11.4 Å². The normalized spacial score (nSPS) is 13.5. The van der Waals surface area contributed by atoms with Crippen molar-refractivity contribution in [3.8, 4) is 16.2 Å². The second kappa shape index (κ2) is 8.13. The highest BCUT2D eigenvalue weighted by molar-refractivity contribution is 7.17. The summed E-state index contributed by atoms with van der Waals surface area (Å²) in [5, 5.41) is 2.83. The van der Waals surface area contributed by atoms with E-state index in [1.807, 2.05) is 39.0 Å². The Kier molecular flexibility index (Phi) is 5.85. The van der Waals surface area contributed by atoms with Crippen LogP contribution < -0.4 is 10.1 Å². The van der Waals surface area contributed by atoms with E-state index in [4.69, 9.17) is 9.47 Å². The number of ether oxygens (including phenoxy) is 2. The zero-order valence-corrected chi connectivity index (χ0v) is 16.9. The number of carbonyl (C=O) groups is 2. The van der Waals surface area contributed by atoms with Crippen LogP contribution in [0.15, 0.2) is 24.3 Å². The Morgan fingerprint density at radius 2 is 1.89 bits per heavy atom. The summed E-state index contributed by atoms with van der Waals surface area (Å²) in [6.07, 6.45) is 1.80. The Labute approximate surface area is 163 Å². The van der Waals surface area contributed by atoms with Gasteiger partial charge in [0.1, 0.15) is 10.6 Å². The monoisotopic (exact) mass is 387 g/mol. The fourth-order valence-electron chi connectivity index (χ4n) is 3.00. The van der Waals surface area contributed by atoms with Gasteiger partial charge in [-0.15, -0.1) is 11.3 Å². The minimum Gasteiger partial charge on any atom is -0.497 e. The molecule has 0 aliphatic heterocycles. The van der Waals surface area contributed by atoms with Crippen molar-refractivity contribution in [1.82, 2.24) is 5.32 Å². The van der Waals surface area contributed by atoms with Gasteiger partial charge in [-0.3, -0.25) is 4.79 Å². The molecule has 1 N–H and O–H groups in total. The number of thiophene rings is 1. The number of esters is 1. The van der Waals surface area contributed by atoms with Gasteiger partial charge >= 0.3 is 5.97 Å². The van der Waals surface area contributed by atoms with E-state index in [0.717, 1.165) is 34.6 Å². The molecule has 27 heavy (non-hydrogen) atoms. The predicted octanol–water partition coefficient (Wildman–Crippen LogP) is 3.84. The quantitative estimate of drug-likeness (QED) is 0.765. The van der Waals surface area contributed by atoms with Gasteiger partial charge in [-0.2, -0.15) is 0 Å². The van der Waals surface area contributed by atoms with E-state index in [0.29, 0.717) is 10.8 Å². The minimum atomic E-state index is -0.447. The smallest absolute Gasteiger partial charge is 0.348 e. The number of rotatable bonds is 6. The van der Waals surface area contributed by atoms with Gasteiger partial charge in [0.2, 0.25) is 0 Å². The summed E-state index contributed by atoms with van der Waals surface area (Å²) in [5.41, 5.74) is 3.53. The third-order valence-electron chi connectivity index (χ3n) is 4.95. The number of carbonyl (C=O) groups excluding carboxylic acids is 2. The van der Waals surface area contributed by atoms with Gasteiger partial charge in [-0.05, 0) is 66.6 Å². The fourth-order valence-corrected chi connectivity index (χ4v) is 4.17. The lowest BCUT2D eigenvalue weighted by Gasteiger charge is -2.17. The van der Waals surface area contributed by atoms with Crippen LogP contribution in [-0.4, -0.2) is 31.6 Å². The maximum Gasteiger partial charge on any atom is 0.348 e. The van der Waals surface area contributed by atoms with Crippen LogP contribution in [-0.2, 0) is 22.4 Å². The molecular weight excluding hydrogens is 362 g/mol. The first-order chi connectivity index (χ1) is 12.9. The summed E-state index contributed by atoms with van der Waals surface area (Å²) >= 11 is 1.42. The van der Waals surface area contributed by atoms with Gasteiger partial charge in [0.25, 0.3) is 5.91 Å². The van der Waals surface area contributed by atoms with Crippen molar-refractivity contribution in [3.05, 3.63) is 40.3 Å². The van der Waals surface area contributed by atoms with Crippen LogP contribution in [0.1, 0.15) is 41.6 Å². The Bertz CT molecular complexity index is 856. The van der Waals surface area contributed by atoms with Crippen LogP contribution in [0.2, 0.25) is 0 Å². The van der Waals surface area contributed by atoms with Crippen LogP contribution in [0.3, 0.4) is 0 Å². The van der Waals surface area contributed by atoms with E-state index >= 15 is 0 Å². The molecule has 144 valence electrons. The van der Waals surface area contributed by atoms with Crippen LogP contribution in [0, 0.1) is 5.92 Å². The summed E-state index contributed by atoms with van der Waals surface area (Å²) in [4.78, 5) is 25.9. The Hall–Kier alpha value is -2.34. The highest BCUT2D eigenvalue weighted by atomic mass is 32.1. The Morgan fingerprint density at radius 1 is 1.15 bits per heavy atom. The van der Waals surface area contributed by atoms with Crippen molar-refractivity contribution in [3.63, 3.8) is 0 Å². The SMILES string of the molecule is COc1ccc2c(c1)CCc1cc(C(=O)OCC(=O)N[C@@H](C)C(C)C)sc1-2. The van der Waals surface area contributed by atoms with Crippen molar-refractivity contribution >= 4 is 23.2 Å². The Morgan fingerprint density at radius 3 is 2.59 bits per heavy atom. The second-order valence-electron chi connectivity index (χ2n) is 7.16. The van der Waals surface area contributed by atoms with Gasteiger partial charge in [-0.1, -0.05) is 13.8 Å². The molecule has 3 rings (SSSR count). The zero-order chi connectivity index (χ0) is 19.6. The number of fused-ring (bicyclic) bond motifs is 3.